The Morgan fingerprint density at radius 1 is 1.22 bits per heavy atom. The smallest absolute Gasteiger partial charge is 0.252 e. The Morgan fingerprint density at radius 3 is 2.72 bits per heavy atom. The second kappa shape index (κ2) is 9.20. The molecule has 4 rings (SSSR count). The van der Waals surface area contributed by atoms with Gasteiger partial charge >= 0.3 is 0 Å². The largest absolute Gasteiger partial charge is 0.369 e. The van der Waals surface area contributed by atoms with E-state index in [0.29, 0.717) is 18.6 Å². The van der Waals surface area contributed by atoms with Gasteiger partial charge in [-0.25, -0.2) is 13.9 Å². The molecule has 170 valence electrons. The lowest BCUT2D eigenvalue weighted by Crippen LogP contribution is -2.45. The van der Waals surface area contributed by atoms with E-state index in [1.165, 1.54) is 18.5 Å². The summed E-state index contributed by atoms with van der Waals surface area (Å²) in [4.78, 5) is 25.9. The Balaban J connectivity index is 1.45. The first kappa shape index (κ1) is 22.1. The molecule has 2 aromatic heterocycles. The van der Waals surface area contributed by atoms with Gasteiger partial charge in [-0.3, -0.25) is 4.79 Å². The second-order valence-electron chi connectivity index (χ2n) is 8.52. The topological polar surface area (TPSA) is 78.7 Å². The third kappa shape index (κ3) is 4.57. The van der Waals surface area contributed by atoms with Gasteiger partial charge in [0.1, 0.15) is 12.1 Å². The Bertz CT molecular complexity index is 1120. The number of aryl methyl sites for hydroxylation is 2. The second-order valence-corrected chi connectivity index (χ2v) is 8.52. The van der Waals surface area contributed by atoms with Crippen molar-refractivity contribution in [1.29, 1.82) is 0 Å². The molecule has 1 fully saturated rings. The molecule has 3 aromatic rings. The van der Waals surface area contributed by atoms with E-state index in [4.69, 9.17) is 0 Å². The van der Waals surface area contributed by atoms with E-state index in [1.54, 1.807) is 4.52 Å². The van der Waals surface area contributed by atoms with Gasteiger partial charge in [-0.2, -0.15) is 10.1 Å². The number of carbonyl (C=O) groups excluding carboxylic acids is 1. The number of halogens is 1. The van der Waals surface area contributed by atoms with E-state index in [0.717, 1.165) is 54.4 Å². The highest BCUT2D eigenvalue weighted by atomic mass is 19.1. The average Bonchev–Trinajstić information content (AvgIpc) is 3.23. The molecule has 0 saturated carbocycles. The first-order valence-corrected chi connectivity index (χ1v) is 11.0. The van der Waals surface area contributed by atoms with Gasteiger partial charge in [0.15, 0.2) is 0 Å². The number of hydrogen-bond acceptors (Lipinski definition) is 6. The molecule has 1 unspecified atom stereocenters. The number of amides is 1. The molecule has 1 aliphatic rings. The molecule has 1 aromatic carbocycles. The summed E-state index contributed by atoms with van der Waals surface area (Å²) in [5.41, 5.74) is 4.58. The van der Waals surface area contributed by atoms with Crippen LogP contribution in [-0.2, 0) is 11.2 Å². The van der Waals surface area contributed by atoms with E-state index < -0.39 is 0 Å². The third-order valence-electron chi connectivity index (χ3n) is 6.27. The highest BCUT2D eigenvalue weighted by molar-refractivity contribution is 5.77. The molecule has 1 N–H and O–H groups in total. The quantitative estimate of drug-likeness (QED) is 0.636. The van der Waals surface area contributed by atoms with Crippen LogP contribution in [0.4, 0.5) is 10.1 Å². The maximum absolute atomic E-state index is 14.1. The van der Waals surface area contributed by atoms with Crippen LogP contribution in [0.15, 0.2) is 24.5 Å². The first-order valence-electron chi connectivity index (χ1n) is 11.0. The van der Waals surface area contributed by atoms with Crippen molar-refractivity contribution >= 4 is 17.4 Å². The summed E-state index contributed by atoms with van der Waals surface area (Å²) in [6.07, 6.45) is 2.34. The third-order valence-corrected chi connectivity index (χ3v) is 6.27. The molecule has 9 heteroatoms. The average molecular weight is 440 g/mol. The van der Waals surface area contributed by atoms with Crippen molar-refractivity contribution in [1.82, 2.24) is 29.8 Å². The molecule has 1 atom stereocenters. The van der Waals surface area contributed by atoms with Crippen LogP contribution in [0.1, 0.15) is 41.9 Å². The summed E-state index contributed by atoms with van der Waals surface area (Å²) in [5.74, 6) is 0.186. The highest BCUT2D eigenvalue weighted by Gasteiger charge is 2.21. The fourth-order valence-electron chi connectivity index (χ4n) is 4.35. The fourth-order valence-corrected chi connectivity index (χ4v) is 4.35. The molecule has 1 saturated heterocycles. The number of anilines is 1. The highest BCUT2D eigenvalue weighted by Crippen LogP contribution is 2.28. The maximum Gasteiger partial charge on any atom is 0.252 e. The number of hydrogen-bond donors (Lipinski definition) is 1. The molecular formula is C23H30FN7O. The van der Waals surface area contributed by atoms with Crippen molar-refractivity contribution in [2.45, 2.75) is 39.7 Å². The molecular weight excluding hydrogens is 409 g/mol. The zero-order valence-electron chi connectivity index (χ0n) is 19.1. The minimum Gasteiger partial charge on any atom is -0.369 e. The lowest BCUT2D eigenvalue weighted by Gasteiger charge is -2.36. The number of fused-ring (bicyclic) bond motifs is 1. The van der Waals surface area contributed by atoms with Gasteiger partial charge in [-0.05, 0) is 58.0 Å². The van der Waals surface area contributed by atoms with Gasteiger partial charge in [0.05, 0.1) is 6.04 Å². The van der Waals surface area contributed by atoms with Gasteiger partial charge in [0.25, 0.3) is 5.78 Å². The number of nitrogens with zero attached hydrogens (tertiary/aromatic N) is 6. The number of nitrogens with one attached hydrogen (secondary N) is 1. The van der Waals surface area contributed by atoms with E-state index >= 15 is 0 Å². The minimum absolute atomic E-state index is 0.0800. The fraction of sp³-hybridized carbons (Fsp3) is 0.478. The number of aromatic nitrogens is 4. The maximum atomic E-state index is 14.1. The van der Waals surface area contributed by atoms with Crippen LogP contribution in [-0.4, -0.2) is 63.6 Å². The van der Waals surface area contributed by atoms with E-state index in [1.807, 2.05) is 26.8 Å². The molecule has 0 radical (unpaired) electrons. The Labute approximate surface area is 187 Å². The molecule has 1 amide bonds. The van der Waals surface area contributed by atoms with Crippen LogP contribution >= 0.6 is 0 Å². The zero-order chi connectivity index (χ0) is 22.8. The van der Waals surface area contributed by atoms with Crippen molar-refractivity contribution in [3.05, 3.63) is 52.9 Å². The summed E-state index contributed by atoms with van der Waals surface area (Å²) >= 11 is 0. The summed E-state index contributed by atoms with van der Waals surface area (Å²) in [6, 6.07) is 4.55. The molecule has 0 bridgehead atoms. The summed E-state index contributed by atoms with van der Waals surface area (Å²) in [6.45, 7) is 9.47. The molecule has 0 spiro atoms. The molecule has 3 heterocycles. The van der Waals surface area contributed by atoms with Crippen molar-refractivity contribution in [3.8, 4) is 0 Å². The van der Waals surface area contributed by atoms with Gasteiger partial charge in [0.2, 0.25) is 5.91 Å². The van der Waals surface area contributed by atoms with Crippen molar-refractivity contribution < 1.29 is 9.18 Å². The van der Waals surface area contributed by atoms with Crippen LogP contribution in [0.2, 0.25) is 0 Å². The van der Waals surface area contributed by atoms with Crippen LogP contribution in [0.3, 0.4) is 0 Å². The van der Waals surface area contributed by atoms with E-state index in [2.05, 4.69) is 37.2 Å². The normalized spacial score (nSPS) is 15.8. The number of rotatable bonds is 6. The summed E-state index contributed by atoms with van der Waals surface area (Å²) < 4.78 is 15.8. The van der Waals surface area contributed by atoms with E-state index in [-0.39, 0.29) is 17.8 Å². The van der Waals surface area contributed by atoms with Crippen LogP contribution in [0.25, 0.3) is 5.78 Å². The number of likely N-dealkylation sites (N-methyl/N-ethyl adjacent to an activating group) is 1. The molecule has 8 nitrogen and oxygen atoms in total. The lowest BCUT2D eigenvalue weighted by atomic mass is 10.0. The zero-order valence-corrected chi connectivity index (χ0v) is 19.1. The number of piperazine rings is 1. The molecule has 32 heavy (non-hydrogen) atoms. The predicted octanol–water partition coefficient (Wildman–Crippen LogP) is 2.44. The van der Waals surface area contributed by atoms with Crippen molar-refractivity contribution in [2.24, 2.45) is 0 Å². The van der Waals surface area contributed by atoms with Gasteiger partial charge in [-0.1, -0.05) is 0 Å². The lowest BCUT2D eigenvalue weighted by molar-refractivity contribution is -0.121. The van der Waals surface area contributed by atoms with Crippen LogP contribution in [0, 0.1) is 19.7 Å². The SMILES string of the molecule is Cc1nc2ncnn2c(C)c1CCC(=O)NC(C)c1cc(F)ccc1N1CCN(C)CC1. The Kier molecular flexibility index (Phi) is 6.36. The predicted molar refractivity (Wildman–Crippen MR) is 121 cm³/mol. The van der Waals surface area contributed by atoms with Crippen molar-refractivity contribution in [3.63, 3.8) is 0 Å². The van der Waals surface area contributed by atoms with Gasteiger partial charge in [0, 0.05) is 55.2 Å². The summed E-state index contributed by atoms with van der Waals surface area (Å²) in [7, 11) is 2.10. The van der Waals surface area contributed by atoms with Crippen LogP contribution in [0.5, 0.6) is 0 Å². The standard InChI is InChI=1S/C23H30FN7O/c1-15-19(17(3)31-23(28-15)25-14-26-31)6-8-22(32)27-16(2)20-13-18(24)5-7-21(20)30-11-9-29(4)10-12-30/h5,7,13-14,16H,6,8-12H2,1-4H3,(H,27,32). The van der Waals surface area contributed by atoms with Crippen molar-refractivity contribution in [2.75, 3.05) is 38.1 Å². The Morgan fingerprint density at radius 2 is 1.97 bits per heavy atom. The number of benzene rings is 1. The number of carbonyl (C=O) groups is 1. The molecule has 1 aliphatic heterocycles. The van der Waals surface area contributed by atoms with Gasteiger partial charge in [-0.15, -0.1) is 0 Å². The van der Waals surface area contributed by atoms with Crippen LogP contribution < -0.4 is 10.2 Å². The minimum atomic E-state index is -0.300. The van der Waals surface area contributed by atoms with E-state index in [9.17, 15) is 9.18 Å². The van der Waals surface area contributed by atoms with Gasteiger partial charge < -0.3 is 15.1 Å². The molecule has 0 aliphatic carbocycles. The first-order chi connectivity index (χ1) is 15.3. The Hall–Kier alpha value is -3.07. The summed E-state index contributed by atoms with van der Waals surface area (Å²) in [5, 5.41) is 7.26. The monoisotopic (exact) mass is 439 g/mol.